The molecule has 4 nitrogen and oxygen atoms in total. The van der Waals surface area contributed by atoms with E-state index in [4.69, 9.17) is 13.8 Å². The molecule has 0 radical (unpaired) electrons. The highest BCUT2D eigenvalue weighted by Gasteiger charge is 2.20. The van der Waals surface area contributed by atoms with Gasteiger partial charge in [-0.2, -0.15) is 0 Å². The molecule has 2 aromatic heterocycles. The van der Waals surface area contributed by atoms with Gasteiger partial charge in [0.05, 0.1) is 5.39 Å². The number of oxazole rings is 1. The second-order valence-corrected chi connectivity index (χ2v) is 12.4. The lowest BCUT2D eigenvalue weighted by atomic mass is 10.0. The van der Waals surface area contributed by atoms with Gasteiger partial charge >= 0.3 is 0 Å². The first-order valence-electron chi connectivity index (χ1n) is 16.5. The Bertz CT molecular complexity index is 2820. The van der Waals surface area contributed by atoms with Gasteiger partial charge in [-0.15, -0.1) is 0 Å². The molecule has 0 fully saturated rings. The van der Waals surface area contributed by atoms with E-state index in [2.05, 4.69) is 126 Å². The van der Waals surface area contributed by atoms with Gasteiger partial charge in [0.15, 0.2) is 5.58 Å². The van der Waals surface area contributed by atoms with Gasteiger partial charge in [-0.3, -0.25) is 0 Å². The van der Waals surface area contributed by atoms with Crippen LogP contribution in [-0.2, 0) is 0 Å². The molecule has 8 aromatic carbocycles. The predicted octanol–water partition coefficient (Wildman–Crippen LogP) is 12.8. The molecule has 2 heterocycles. The third-order valence-corrected chi connectivity index (χ3v) is 9.47. The minimum Gasteiger partial charge on any atom is -0.456 e. The fourth-order valence-electron chi connectivity index (χ4n) is 7.10. The normalized spacial score (nSPS) is 11.7. The fourth-order valence-corrected chi connectivity index (χ4v) is 7.10. The molecular weight excluding hydrogens is 601 g/mol. The lowest BCUT2D eigenvalue weighted by molar-refractivity contribution is 0.622. The highest BCUT2D eigenvalue weighted by molar-refractivity contribution is 6.17. The SMILES string of the molecule is c1ccc(-c2ccc(N(c3ccc4c(ccc5ccccc54)c3)c3ccc4c(c3)oc3ccc5nc(-c6ccccc6)oc5c34)cc2)cc1. The van der Waals surface area contributed by atoms with E-state index >= 15 is 0 Å². The number of fused-ring (bicyclic) bond motifs is 8. The Hall–Kier alpha value is -6.65. The van der Waals surface area contributed by atoms with Crippen molar-refractivity contribution < 1.29 is 8.83 Å². The molecule has 230 valence electrons. The van der Waals surface area contributed by atoms with Crippen molar-refractivity contribution in [1.29, 1.82) is 0 Å². The quantitative estimate of drug-likeness (QED) is 0.178. The first kappa shape index (κ1) is 27.5. The van der Waals surface area contributed by atoms with Gasteiger partial charge in [0.2, 0.25) is 5.89 Å². The summed E-state index contributed by atoms with van der Waals surface area (Å²) in [5.74, 6) is 0.600. The Kier molecular flexibility index (Phi) is 6.15. The summed E-state index contributed by atoms with van der Waals surface area (Å²) >= 11 is 0. The number of anilines is 3. The molecule has 10 rings (SSSR count). The Morgan fingerprint density at radius 2 is 1.04 bits per heavy atom. The summed E-state index contributed by atoms with van der Waals surface area (Å²) < 4.78 is 12.9. The van der Waals surface area contributed by atoms with Crippen LogP contribution in [0.1, 0.15) is 0 Å². The summed E-state index contributed by atoms with van der Waals surface area (Å²) in [6.07, 6.45) is 0. The minimum absolute atomic E-state index is 0.600. The highest BCUT2D eigenvalue weighted by atomic mass is 16.4. The van der Waals surface area contributed by atoms with E-state index < -0.39 is 0 Å². The van der Waals surface area contributed by atoms with Crippen LogP contribution in [0.4, 0.5) is 17.1 Å². The van der Waals surface area contributed by atoms with Crippen molar-refractivity contribution in [3.8, 4) is 22.6 Å². The number of hydrogen-bond acceptors (Lipinski definition) is 4. The van der Waals surface area contributed by atoms with Crippen LogP contribution in [0, 0.1) is 0 Å². The van der Waals surface area contributed by atoms with Gasteiger partial charge < -0.3 is 13.7 Å². The summed E-state index contributed by atoms with van der Waals surface area (Å²) in [6, 6.07) is 59.4. The molecule has 0 aliphatic rings. The number of aromatic nitrogens is 1. The van der Waals surface area contributed by atoms with E-state index in [-0.39, 0.29) is 0 Å². The molecule has 0 atom stereocenters. The first-order chi connectivity index (χ1) is 24.3. The zero-order valence-corrected chi connectivity index (χ0v) is 26.4. The molecule has 49 heavy (non-hydrogen) atoms. The maximum Gasteiger partial charge on any atom is 0.227 e. The molecule has 0 amide bonds. The van der Waals surface area contributed by atoms with Crippen LogP contribution in [-0.4, -0.2) is 4.98 Å². The average molecular weight is 629 g/mol. The van der Waals surface area contributed by atoms with Crippen LogP contribution in [0.3, 0.4) is 0 Å². The van der Waals surface area contributed by atoms with Crippen molar-refractivity contribution in [2.75, 3.05) is 4.90 Å². The molecule has 0 saturated carbocycles. The zero-order valence-electron chi connectivity index (χ0n) is 26.4. The molecule has 0 bridgehead atoms. The van der Waals surface area contributed by atoms with Crippen LogP contribution in [0.5, 0.6) is 0 Å². The molecular formula is C45H28N2O2. The third kappa shape index (κ3) is 4.57. The smallest absolute Gasteiger partial charge is 0.227 e. The van der Waals surface area contributed by atoms with Gasteiger partial charge in [0.25, 0.3) is 0 Å². The average Bonchev–Trinajstić information content (AvgIpc) is 3.77. The summed E-state index contributed by atoms with van der Waals surface area (Å²) in [6.45, 7) is 0. The Morgan fingerprint density at radius 1 is 0.408 bits per heavy atom. The van der Waals surface area contributed by atoms with Crippen LogP contribution in [0.25, 0.3) is 77.2 Å². The summed E-state index contributed by atoms with van der Waals surface area (Å²) in [5.41, 5.74) is 9.53. The van der Waals surface area contributed by atoms with Gasteiger partial charge in [0, 0.05) is 34.1 Å². The molecule has 10 aromatic rings. The molecule has 0 saturated heterocycles. The number of furan rings is 1. The van der Waals surface area contributed by atoms with Crippen molar-refractivity contribution in [1.82, 2.24) is 4.98 Å². The van der Waals surface area contributed by atoms with Gasteiger partial charge in [-0.25, -0.2) is 4.98 Å². The van der Waals surface area contributed by atoms with Crippen molar-refractivity contribution in [2.24, 2.45) is 0 Å². The minimum atomic E-state index is 0.600. The molecule has 0 unspecified atom stereocenters. The van der Waals surface area contributed by atoms with E-state index in [0.717, 1.165) is 55.7 Å². The van der Waals surface area contributed by atoms with Crippen LogP contribution >= 0.6 is 0 Å². The van der Waals surface area contributed by atoms with Crippen molar-refractivity contribution in [3.05, 3.63) is 170 Å². The number of benzene rings is 8. The monoisotopic (exact) mass is 628 g/mol. The maximum absolute atomic E-state index is 6.52. The summed E-state index contributed by atoms with van der Waals surface area (Å²) in [5, 5.41) is 6.84. The van der Waals surface area contributed by atoms with E-state index in [0.29, 0.717) is 5.89 Å². The first-order valence-corrected chi connectivity index (χ1v) is 16.5. The number of hydrogen-bond donors (Lipinski definition) is 0. The van der Waals surface area contributed by atoms with E-state index in [1.165, 1.54) is 32.7 Å². The third-order valence-electron chi connectivity index (χ3n) is 9.47. The zero-order chi connectivity index (χ0) is 32.3. The topological polar surface area (TPSA) is 42.4 Å². The summed E-state index contributed by atoms with van der Waals surface area (Å²) in [4.78, 5) is 7.10. The molecule has 0 spiro atoms. The van der Waals surface area contributed by atoms with Crippen LogP contribution in [0.2, 0.25) is 0 Å². The Labute approximate surface area is 282 Å². The van der Waals surface area contributed by atoms with Crippen LogP contribution in [0.15, 0.2) is 179 Å². The number of rotatable bonds is 5. The Morgan fingerprint density at radius 3 is 1.86 bits per heavy atom. The number of nitrogens with zero attached hydrogens (tertiary/aromatic N) is 2. The molecule has 0 N–H and O–H groups in total. The van der Waals surface area contributed by atoms with E-state index in [1.54, 1.807) is 0 Å². The molecule has 0 aliphatic carbocycles. The largest absolute Gasteiger partial charge is 0.456 e. The van der Waals surface area contributed by atoms with Crippen molar-refractivity contribution >= 4 is 71.6 Å². The van der Waals surface area contributed by atoms with E-state index in [9.17, 15) is 0 Å². The van der Waals surface area contributed by atoms with Crippen molar-refractivity contribution in [3.63, 3.8) is 0 Å². The maximum atomic E-state index is 6.52. The molecule has 0 aliphatic heterocycles. The van der Waals surface area contributed by atoms with Gasteiger partial charge in [-0.1, -0.05) is 103 Å². The lowest BCUT2D eigenvalue weighted by Crippen LogP contribution is -2.09. The van der Waals surface area contributed by atoms with Crippen LogP contribution < -0.4 is 4.90 Å². The second kappa shape index (κ2) is 11.0. The molecule has 4 heteroatoms. The lowest BCUT2D eigenvalue weighted by Gasteiger charge is -2.26. The highest BCUT2D eigenvalue weighted by Crippen LogP contribution is 2.42. The fraction of sp³-hybridized carbons (Fsp3) is 0. The van der Waals surface area contributed by atoms with Gasteiger partial charge in [-0.05, 0) is 93.3 Å². The predicted molar refractivity (Wildman–Crippen MR) is 202 cm³/mol. The standard InChI is InChI=1S/C45H28N2O2/c1-3-9-29(10-4-1)30-17-19-34(20-18-30)47(35-21-23-38-33(27-35)16-15-31-11-7-8-14-37(31)38)36-22-24-39-42(28-36)48-41-26-25-40-44(43(39)41)49-45(46-40)32-12-5-2-6-13-32/h1-28H. The van der Waals surface area contributed by atoms with Gasteiger partial charge in [0.1, 0.15) is 16.7 Å². The summed E-state index contributed by atoms with van der Waals surface area (Å²) in [7, 11) is 0. The van der Waals surface area contributed by atoms with E-state index in [1.807, 2.05) is 48.5 Å². The second-order valence-electron chi connectivity index (χ2n) is 12.4. The van der Waals surface area contributed by atoms with Crippen molar-refractivity contribution in [2.45, 2.75) is 0 Å². The Balaban J connectivity index is 1.14.